The first-order chi connectivity index (χ1) is 13.6. The van der Waals surface area contributed by atoms with Gasteiger partial charge in [-0.3, -0.25) is 9.59 Å². The molecule has 0 fully saturated rings. The number of ether oxygens (including phenoxy) is 1. The Balaban J connectivity index is 1.89. The van der Waals surface area contributed by atoms with Crippen LogP contribution in [0.3, 0.4) is 0 Å². The summed E-state index contributed by atoms with van der Waals surface area (Å²) in [6.45, 7) is 1.43. The van der Waals surface area contributed by atoms with Gasteiger partial charge in [0.1, 0.15) is 5.75 Å². The van der Waals surface area contributed by atoms with Crippen molar-refractivity contribution >= 4 is 17.5 Å². The van der Waals surface area contributed by atoms with Crippen molar-refractivity contribution in [1.29, 1.82) is 0 Å². The third-order valence-electron chi connectivity index (χ3n) is 4.30. The number of hydrogen-bond acceptors (Lipinski definition) is 3. The molecule has 5 nitrogen and oxygen atoms in total. The lowest BCUT2D eigenvalue weighted by molar-refractivity contribution is -0.114. The van der Waals surface area contributed by atoms with E-state index >= 15 is 0 Å². The van der Waals surface area contributed by atoms with Crippen LogP contribution in [-0.2, 0) is 4.79 Å². The van der Waals surface area contributed by atoms with Gasteiger partial charge in [0.15, 0.2) is 0 Å². The Morgan fingerprint density at radius 1 is 0.857 bits per heavy atom. The maximum atomic E-state index is 12.9. The van der Waals surface area contributed by atoms with E-state index in [4.69, 9.17) is 4.74 Å². The van der Waals surface area contributed by atoms with Crippen LogP contribution in [0.15, 0.2) is 78.9 Å². The van der Waals surface area contributed by atoms with Gasteiger partial charge in [0.25, 0.3) is 5.91 Å². The minimum atomic E-state index is -0.316. The number of rotatable bonds is 6. The van der Waals surface area contributed by atoms with E-state index in [0.717, 1.165) is 16.9 Å². The molecular weight excluding hydrogens is 352 g/mol. The second-order valence-electron chi connectivity index (χ2n) is 6.35. The number of benzene rings is 3. The van der Waals surface area contributed by atoms with Gasteiger partial charge in [-0.2, -0.15) is 0 Å². The van der Waals surface area contributed by atoms with Crippen molar-refractivity contribution in [3.05, 3.63) is 95.6 Å². The zero-order valence-corrected chi connectivity index (χ0v) is 15.8. The summed E-state index contributed by atoms with van der Waals surface area (Å²) in [4.78, 5) is 24.2. The molecule has 1 atom stereocenters. The molecule has 0 aliphatic heterocycles. The van der Waals surface area contributed by atoms with Crippen molar-refractivity contribution in [3.8, 4) is 5.75 Å². The molecule has 28 heavy (non-hydrogen) atoms. The second-order valence-corrected chi connectivity index (χ2v) is 6.35. The van der Waals surface area contributed by atoms with Crippen molar-refractivity contribution in [3.63, 3.8) is 0 Å². The average Bonchev–Trinajstić information content (AvgIpc) is 2.72. The van der Waals surface area contributed by atoms with Crippen LogP contribution in [0.5, 0.6) is 5.75 Å². The van der Waals surface area contributed by atoms with E-state index in [0.29, 0.717) is 11.3 Å². The van der Waals surface area contributed by atoms with Crippen LogP contribution in [0.4, 0.5) is 5.69 Å². The first kappa shape index (κ1) is 19.2. The van der Waals surface area contributed by atoms with Gasteiger partial charge >= 0.3 is 0 Å². The van der Waals surface area contributed by atoms with E-state index in [2.05, 4.69) is 10.6 Å². The van der Waals surface area contributed by atoms with E-state index in [1.165, 1.54) is 6.92 Å². The maximum absolute atomic E-state index is 12.9. The summed E-state index contributed by atoms with van der Waals surface area (Å²) in [6.07, 6.45) is 0. The summed E-state index contributed by atoms with van der Waals surface area (Å²) in [7, 11) is 1.62. The van der Waals surface area contributed by atoms with Gasteiger partial charge in [-0.25, -0.2) is 0 Å². The van der Waals surface area contributed by atoms with Gasteiger partial charge in [0, 0.05) is 18.2 Å². The number of methoxy groups -OCH3 is 1. The molecule has 0 spiro atoms. The summed E-state index contributed by atoms with van der Waals surface area (Å²) in [5, 5.41) is 5.79. The van der Waals surface area contributed by atoms with Crippen molar-refractivity contribution in [2.45, 2.75) is 13.0 Å². The van der Waals surface area contributed by atoms with Crippen LogP contribution >= 0.6 is 0 Å². The minimum Gasteiger partial charge on any atom is -0.497 e. The highest BCUT2D eigenvalue weighted by atomic mass is 16.5. The molecule has 0 aliphatic rings. The number of anilines is 1. The molecule has 3 rings (SSSR count). The SMILES string of the molecule is COc1ccc(C(NC(=O)c2cccc(NC(C)=O)c2)c2ccccc2)cc1. The predicted octanol–water partition coefficient (Wildman–Crippen LogP) is 4.17. The fourth-order valence-electron chi connectivity index (χ4n) is 2.96. The molecule has 2 N–H and O–H groups in total. The Kier molecular flexibility index (Phi) is 6.07. The Morgan fingerprint density at radius 3 is 2.18 bits per heavy atom. The third-order valence-corrected chi connectivity index (χ3v) is 4.30. The zero-order valence-electron chi connectivity index (χ0n) is 15.8. The second kappa shape index (κ2) is 8.86. The number of carbonyl (C=O) groups is 2. The summed E-state index contributed by atoms with van der Waals surface area (Å²) < 4.78 is 5.23. The standard InChI is InChI=1S/C23H22N2O3/c1-16(26)24-20-10-6-9-19(15-20)23(27)25-22(17-7-4-3-5-8-17)18-11-13-21(28-2)14-12-18/h3-15,22H,1-2H3,(H,24,26)(H,25,27). The lowest BCUT2D eigenvalue weighted by atomic mass is 9.98. The van der Waals surface area contributed by atoms with Crippen LogP contribution < -0.4 is 15.4 Å². The molecule has 2 amide bonds. The van der Waals surface area contributed by atoms with Crippen LogP contribution in [0.1, 0.15) is 34.5 Å². The quantitative estimate of drug-likeness (QED) is 0.680. The van der Waals surface area contributed by atoms with Crippen LogP contribution in [0, 0.1) is 0 Å². The van der Waals surface area contributed by atoms with Crippen LogP contribution in [0.25, 0.3) is 0 Å². The molecule has 3 aromatic carbocycles. The molecule has 0 heterocycles. The highest BCUT2D eigenvalue weighted by molar-refractivity contribution is 5.97. The minimum absolute atomic E-state index is 0.182. The van der Waals surface area contributed by atoms with E-state index in [1.807, 2.05) is 54.6 Å². The van der Waals surface area contributed by atoms with Crippen LogP contribution in [-0.4, -0.2) is 18.9 Å². The van der Waals surface area contributed by atoms with Gasteiger partial charge in [-0.15, -0.1) is 0 Å². The molecule has 5 heteroatoms. The molecule has 142 valence electrons. The number of hydrogen-bond donors (Lipinski definition) is 2. The monoisotopic (exact) mass is 374 g/mol. The zero-order chi connectivity index (χ0) is 19.9. The van der Waals surface area contributed by atoms with Gasteiger partial charge in [0.2, 0.25) is 5.91 Å². The molecule has 0 radical (unpaired) electrons. The number of amides is 2. The van der Waals surface area contributed by atoms with Gasteiger partial charge in [-0.05, 0) is 41.5 Å². The molecular formula is C23H22N2O3. The lowest BCUT2D eigenvalue weighted by Crippen LogP contribution is -2.29. The Morgan fingerprint density at radius 2 is 1.54 bits per heavy atom. The topological polar surface area (TPSA) is 67.4 Å². The summed E-state index contributed by atoms with van der Waals surface area (Å²) in [6, 6.07) is 23.9. The van der Waals surface area contributed by atoms with Gasteiger partial charge < -0.3 is 15.4 Å². The average molecular weight is 374 g/mol. The molecule has 3 aromatic rings. The normalized spacial score (nSPS) is 11.4. The lowest BCUT2D eigenvalue weighted by Gasteiger charge is -2.20. The highest BCUT2D eigenvalue weighted by Crippen LogP contribution is 2.25. The third kappa shape index (κ3) is 4.76. The molecule has 0 bridgehead atoms. The van der Waals surface area contributed by atoms with Gasteiger partial charge in [0.05, 0.1) is 13.2 Å². The van der Waals surface area contributed by atoms with Crippen molar-refractivity contribution in [2.75, 3.05) is 12.4 Å². The first-order valence-electron chi connectivity index (χ1n) is 8.94. The largest absolute Gasteiger partial charge is 0.497 e. The van der Waals surface area contributed by atoms with Crippen LogP contribution in [0.2, 0.25) is 0 Å². The van der Waals surface area contributed by atoms with E-state index in [1.54, 1.807) is 31.4 Å². The molecule has 0 saturated heterocycles. The first-order valence-corrected chi connectivity index (χ1v) is 8.94. The Hall–Kier alpha value is -3.60. The number of nitrogens with one attached hydrogen (secondary N) is 2. The Bertz CT molecular complexity index is 953. The van der Waals surface area contributed by atoms with Crippen molar-refractivity contribution < 1.29 is 14.3 Å². The van der Waals surface area contributed by atoms with Crippen molar-refractivity contribution in [1.82, 2.24) is 5.32 Å². The molecule has 0 aromatic heterocycles. The van der Waals surface area contributed by atoms with E-state index < -0.39 is 0 Å². The summed E-state index contributed by atoms with van der Waals surface area (Å²) >= 11 is 0. The Labute approximate surface area is 164 Å². The fourth-order valence-corrected chi connectivity index (χ4v) is 2.96. The highest BCUT2D eigenvalue weighted by Gasteiger charge is 2.18. The molecule has 0 saturated carbocycles. The fraction of sp³-hybridized carbons (Fsp3) is 0.130. The predicted molar refractivity (Wildman–Crippen MR) is 109 cm³/mol. The smallest absolute Gasteiger partial charge is 0.252 e. The van der Waals surface area contributed by atoms with Crippen molar-refractivity contribution in [2.24, 2.45) is 0 Å². The number of carbonyl (C=O) groups excluding carboxylic acids is 2. The van der Waals surface area contributed by atoms with Gasteiger partial charge in [-0.1, -0.05) is 48.5 Å². The summed E-state index contributed by atoms with van der Waals surface area (Å²) in [5.41, 5.74) is 2.97. The van der Waals surface area contributed by atoms with E-state index in [-0.39, 0.29) is 17.9 Å². The maximum Gasteiger partial charge on any atom is 0.252 e. The molecule has 0 aliphatic carbocycles. The van der Waals surface area contributed by atoms with E-state index in [9.17, 15) is 9.59 Å². The summed E-state index contributed by atoms with van der Waals surface area (Å²) in [5.74, 6) is 0.347. The molecule has 1 unspecified atom stereocenters.